The van der Waals surface area contributed by atoms with Gasteiger partial charge >= 0.3 is 0 Å². The zero-order valence-corrected chi connectivity index (χ0v) is 19.1. The molecule has 1 heterocycles. The Hall–Kier alpha value is -2.38. The maximum absolute atomic E-state index is 13.1. The maximum Gasteiger partial charge on any atom is 0.243 e. The summed E-state index contributed by atoms with van der Waals surface area (Å²) in [7, 11) is -7.57. The minimum Gasteiger partial charge on any atom is -0.325 e. The molecule has 0 saturated carbocycles. The number of carbonyl (C=O) groups is 1. The molecule has 2 aromatic rings. The van der Waals surface area contributed by atoms with Gasteiger partial charge in [-0.2, -0.15) is 4.31 Å². The van der Waals surface area contributed by atoms with Crippen molar-refractivity contribution in [1.29, 1.82) is 0 Å². The fourth-order valence-corrected chi connectivity index (χ4v) is 5.42. The molecule has 0 aliphatic carbocycles. The molecule has 1 atom stereocenters. The molecular formula is C20H25FN4O5S2. The summed E-state index contributed by atoms with van der Waals surface area (Å²) < 4.78 is 62.9. The third kappa shape index (κ3) is 5.70. The zero-order chi connectivity index (χ0) is 23.5. The van der Waals surface area contributed by atoms with Crippen molar-refractivity contribution in [3.63, 3.8) is 0 Å². The van der Waals surface area contributed by atoms with Crippen molar-refractivity contribution in [3.8, 4) is 0 Å². The third-order valence-electron chi connectivity index (χ3n) is 5.32. The summed E-state index contributed by atoms with van der Waals surface area (Å²) in [6.45, 7) is 3.08. The van der Waals surface area contributed by atoms with Gasteiger partial charge in [-0.1, -0.05) is 0 Å². The highest BCUT2D eigenvalue weighted by atomic mass is 32.2. The van der Waals surface area contributed by atoms with Crippen LogP contribution in [0.4, 0.5) is 10.1 Å². The molecule has 0 bridgehead atoms. The highest BCUT2D eigenvalue weighted by Gasteiger charge is 2.30. The van der Waals surface area contributed by atoms with Crippen LogP contribution in [0.25, 0.3) is 0 Å². The van der Waals surface area contributed by atoms with E-state index in [1.54, 1.807) is 6.92 Å². The summed E-state index contributed by atoms with van der Waals surface area (Å²) in [4.78, 5) is 14.5. The summed E-state index contributed by atoms with van der Waals surface area (Å²) in [6, 6.07) is 9.67. The molecular weight excluding hydrogens is 459 g/mol. The lowest BCUT2D eigenvalue weighted by Crippen LogP contribution is -2.44. The second-order valence-corrected chi connectivity index (χ2v) is 11.0. The minimum atomic E-state index is -3.82. The number of halogens is 1. The van der Waals surface area contributed by atoms with Crippen LogP contribution in [0.1, 0.15) is 13.3 Å². The molecule has 1 saturated heterocycles. The Balaban J connectivity index is 1.63. The molecule has 3 rings (SSSR count). The lowest BCUT2D eigenvalue weighted by molar-refractivity contribution is -0.120. The van der Waals surface area contributed by atoms with Gasteiger partial charge in [-0.3, -0.25) is 9.69 Å². The molecule has 2 aromatic carbocycles. The number of benzene rings is 2. The van der Waals surface area contributed by atoms with E-state index >= 15 is 0 Å². The molecule has 1 fully saturated rings. The van der Waals surface area contributed by atoms with Gasteiger partial charge in [-0.25, -0.2) is 26.4 Å². The number of primary sulfonamides is 1. The van der Waals surface area contributed by atoms with Crippen molar-refractivity contribution in [2.45, 2.75) is 29.2 Å². The molecule has 0 radical (unpaired) electrons. The van der Waals surface area contributed by atoms with Crippen LogP contribution >= 0.6 is 0 Å². The SMILES string of the molecule is C[C@H](C(=O)Nc1ccc(S(N)(=O)=O)cc1)N1CCCN(S(=O)(=O)c2ccc(F)cc2)CC1. The number of nitrogens with one attached hydrogen (secondary N) is 1. The lowest BCUT2D eigenvalue weighted by atomic mass is 10.2. The summed E-state index contributed by atoms with van der Waals surface area (Å²) in [6.07, 6.45) is 0.529. The van der Waals surface area contributed by atoms with Gasteiger partial charge in [0, 0.05) is 31.9 Å². The first kappa shape index (κ1) is 24.3. The Morgan fingerprint density at radius 2 is 1.53 bits per heavy atom. The number of hydrogen-bond donors (Lipinski definition) is 2. The molecule has 3 N–H and O–H groups in total. The van der Waals surface area contributed by atoms with Gasteiger partial charge in [0.15, 0.2) is 0 Å². The largest absolute Gasteiger partial charge is 0.325 e. The van der Waals surface area contributed by atoms with Crippen LogP contribution < -0.4 is 10.5 Å². The highest BCUT2D eigenvalue weighted by molar-refractivity contribution is 7.89. The zero-order valence-electron chi connectivity index (χ0n) is 17.4. The summed E-state index contributed by atoms with van der Waals surface area (Å²) >= 11 is 0. The first-order valence-corrected chi connectivity index (χ1v) is 12.9. The van der Waals surface area contributed by atoms with E-state index in [0.29, 0.717) is 31.7 Å². The van der Waals surface area contributed by atoms with Gasteiger partial charge in [-0.15, -0.1) is 0 Å². The average molecular weight is 485 g/mol. The van der Waals surface area contributed by atoms with Gasteiger partial charge in [0.1, 0.15) is 5.82 Å². The molecule has 0 unspecified atom stereocenters. The predicted molar refractivity (Wildman–Crippen MR) is 117 cm³/mol. The quantitative estimate of drug-likeness (QED) is 0.634. The Bertz CT molecular complexity index is 1170. The van der Waals surface area contributed by atoms with Gasteiger partial charge in [0.25, 0.3) is 0 Å². The van der Waals surface area contributed by atoms with E-state index in [2.05, 4.69) is 5.32 Å². The molecule has 32 heavy (non-hydrogen) atoms. The molecule has 1 aliphatic rings. The van der Waals surface area contributed by atoms with E-state index in [1.807, 2.05) is 4.90 Å². The van der Waals surface area contributed by atoms with Gasteiger partial charge in [0.2, 0.25) is 26.0 Å². The maximum atomic E-state index is 13.1. The van der Waals surface area contributed by atoms with Gasteiger partial charge in [0.05, 0.1) is 15.8 Å². The second kappa shape index (κ2) is 9.63. The van der Waals surface area contributed by atoms with Crippen LogP contribution in [0.15, 0.2) is 58.3 Å². The van der Waals surface area contributed by atoms with Crippen LogP contribution in [0.3, 0.4) is 0 Å². The van der Waals surface area contributed by atoms with Crippen molar-refractivity contribution in [2.24, 2.45) is 5.14 Å². The Morgan fingerprint density at radius 1 is 0.938 bits per heavy atom. The van der Waals surface area contributed by atoms with E-state index in [1.165, 1.54) is 40.7 Å². The molecule has 1 aliphatic heterocycles. The average Bonchev–Trinajstić information content (AvgIpc) is 3.00. The highest BCUT2D eigenvalue weighted by Crippen LogP contribution is 2.19. The smallest absolute Gasteiger partial charge is 0.243 e. The first-order valence-electron chi connectivity index (χ1n) is 9.92. The van der Waals surface area contributed by atoms with Crippen LogP contribution in [0.5, 0.6) is 0 Å². The fourth-order valence-electron chi connectivity index (χ4n) is 3.44. The number of rotatable bonds is 6. The summed E-state index contributed by atoms with van der Waals surface area (Å²) in [5.41, 5.74) is 0.421. The molecule has 0 aromatic heterocycles. The van der Waals surface area contributed by atoms with E-state index < -0.39 is 31.9 Å². The summed E-state index contributed by atoms with van der Waals surface area (Å²) in [5.74, 6) is -0.812. The van der Waals surface area contributed by atoms with Crippen molar-refractivity contribution in [1.82, 2.24) is 9.21 Å². The number of sulfonamides is 2. The van der Waals surface area contributed by atoms with E-state index in [9.17, 15) is 26.0 Å². The van der Waals surface area contributed by atoms with Crippen LogP contribution in [0, 0.1) is 5.82 Å². The number of hydrogen-bond acceptors (Lipinski definition) is 6. The molecule has 174 valence electrons. The number of anilines is 1. The van der Waals surface area contributed by atoms with Gasteiger partial charge in [-0.05, 0) is 61.9 Å². The monoisotopic (exact) mass is 484 g/mol. The third-order valence-corrected chi connectivity index (χ3v) is 8.16. The first-order chi connectivity index (χ1) is 15.0. The lowest BCUT2D eigenvalue weighted by Gasteiger charge is -2.27. The Labute approximate surface area is 187 Å². The van der Waals surface area contributed by atoms with Crippen LogP contribution in [0.2, 0.25) is 0 Å². The molecule has 1 amide bonds. The number of carbonyl (C=O) groups excluding carboxylic acids is 1. The van der Waals surface area contributed by atoms with Crippen molar-refractivity contribution < 1.29 is 26.0 Å². The number of amides is 1. The fraction of sp³-hybridized carbons (Fsp3) is 0.350. The minimum absolute atomic E-state index is 0.0288. The predicted octanol–water partition coefficient (Wildman–Crippen LogP) is 1.20. The number of nitrogens with two attached hydrogens (primary N) is 1. The topological polar surface area (TPSA) is 130 Å². The van der Waals surface area contributed by atoms with Gasteiger partial charge < -0.3 is 5.32 Å². The van der Waals surface area contributed by atoms with Crippen LogP contribution in [-0.4, -0.2) is 64.2 Å². The standard InChI is InChI=1S/C20H25FN4O5S2/c1-15(20(26)23-17-5-9-18(10-6-17)31(22,27)28)24-11-2-12-25(14-13-24)32(29,30)19-7-3-16(21)4-8-19/h3-10,15H,2,11-14H2,1H3,(H,23,26)(H2,22,27,28)/t15-/m1/s1. The van der Waals surface area contributed by atoms with Crippen molar-refractivity contribution >= 4 is 31.6 Å². The Morgan fingerprint density at radius 3 is 2.12 bits per heavy atom. The molecule has 9 nitrogen and oxygen atoms in total. The number of nitrogens with zero attached hydrogens (tertiary/aromatic N) is 2. The normalized spacial score (nSPS) is 17.5. The summed E-state index contributed by atoms with van der Waals surface area (Å²) in [5, 5.41) is 7.80. The molecule has 0 spiro atoms. The van der Waals surface area contributed by atoms with E-state index in [4.69, 9.17) is 5.14 Å². The van der Waals surface area contributed by atoms with Crippen molar-refractivity contribution in [2.75, 3.05) is 31.5 Å². The van der Waals surface area contributed by atoms with E-state index in [0.717, 1.165) is 12.1 Å². The van der Waals surface area contributed by atoms with Crippen LogP contribution in [-0.2, 0) is 24.8 Å². The Kier molecular flexibility index (Phi) is 7.30. The van der Waals surface area contributed by atoms with Crippen molar-refractivity contribution in [3.05, 3.63) is 54.3 Å². The second-order valence-electron chi connectivity index (χ2n) is 7.48. The van der Waals surface area contributed by atoms with E-state index in [-0.39, 0.29) is 22.2 Å². The molecule has 12 heteroatoms.